The summed E-state index contributed by atoms with van der Waals surface area (Å²) in [4.78, 5) is 4.68. The molecule has 1 aromatic rings. The Bertz CT molecular complexity index is 753. The molecule has 2 rings (SSSR count). The molecule has 164 valence electrons. The lowest BCUT2D eigenvalue weighted by Crippen LogP contribution is -2.44. The summed E-state index contributed by atoms with van der Waals surface area (Å²) in [6.07, 6.45) is 6.82. The second-order valence-corrected chi connectivity index (χ2v) is 9.79. The van der Waals surface area contributed by atoms with Crippen molar-refractivity contribution < 1.29 is 13.5 Å². The van der Waals surface area contributed by atoms with Crippen molar-refractivity contribution in [2.24, 2.45) is 10.4 Å². The molecule has 0 unspecified atom stereocenters. The number of nitrogens with zero attached hydrogens (tertiary/aromatic N) is 1. The van der Waals surface area contributed by atoms with Gasteiger partial charge in [0.25, 0.3) is 0 Å². The van der Waals surface area contributed by atoms with E-state index in [1.807, 2.05) is 31.2 Å². The van der Waals surface area contributed by atoms with Gasteiger partial charge in [-0.3, -0.25) is 0 Å². The average molecular weight is 425 g/mol. The summed E-state index contributed by atoms with van der Waals surface area (Å²) in [5.74, 6) is 0.715. The SMILES string of the molecule is CCNC(=NCc1cccc(CS(=O)(=O)NC)c1)NCC1(CCO)CCCCC1. The van der Waals surface area contributed by atoms with Crippen molar-refractivity contribution in [1.29, 1.82) is 0 Å². The first-order valence-corrected chi connectivity index (χ1v) is 12.2. The number of sulfonamides is 1. The van der Waals surface area contributed by atoms with Gasteiger partial charge in [-0.1, -0.05) is 43.5 Å². The molecule has 7 nitrogen and oxygen atoms in total. The van der Waals surface area contributed by atoms with Gasteiger partial charge in [0.1, 0.15) is 0 Å². The Morgan fingerprint density at radius 2 is 1.90 bits per heavy atom. The minimum Gasteiger partial charge on any atom is -0.396 e. The molecule has 4 N–H and O–H groups in total. The van der Waals surface area contributed by atoms with E-state index in [0.29, 0.717) is 6.54 Å². The van der Waals surface area contributed by atoms with Crippen molar-refractivity contribution in [2.75, 3.05) is 26.7 Å². The summed E-state index contributed by atoms with van der Waals surface area (Å²) in [7, 11) is -1.87. The largest absolute Gasteiger partial charge is 0.396 e. The highest BCUT2D eigenvalue weighted by Crippen LogP contribution is 2.38. The minimum absolute atomic E-state index is 0.0386. The van der Waals surface area contributed by atoms with Gasteiger partial charge < -0.3 is 15.7 Å². The zero-order valence-electron chi connectivity index (χ0n) is 17.7. The van der Waals surface area contributed by atoms with Crippen LogP contribution in [0.2, 0.25) is 0 Å². The second kappa shape index (κ2) is 11.5. The van der Waals surface area contributed by atoms with Gasteiger partial charge in [0, 0.05) is 19.7 Å². The lowest BCUT2D eigenvalue weighted by Gasteiger charge is -2.37. The van der Waals surface area contributed by atoms with E-state index in [4.69, 9.17) is 0 Å². The zero-order chi connectivity index (χ0) is 21.2. The van der Waals surface area contributed by atoms with Crippen LogP contribution >= 0.6 is 0 Å². The minimum atomic E-state index is -3.29. The van der Waals surface area contributed by atoms with E-state index in [1.165, 1.54) is 26.3 Å². The molecule has 0 amide bonds. The Morgan fingerprint density at radius 3 is 2.55 bits per heavy atom. The van der Waals surface area contributed by atoms with Crippen LogP contribution in [0.4, 0.5) is 0 Å². The lowest BCUT2D eigenvalue weighted by molar-refractivity contribution is 0.131. The molecule has 1 saturated carbocycles. The van der Waals surface area contributed by atoms with Crippen LogP contribution in [0.15, 0.2) is 29.3 Å². The molecule has 0 aromatic heterocycles. The summed E-state index contributed by atoms with van der Waals surface area (Å²) in [5.41, 5.74) is 1.85. The molecular formula is C21H36N4O3S. The summed E-state index contributed by atoms with van der Waals surface area (Å²) in [6.45, 7) is 4.29. The predicted molar refractivity (Wildman–Crippen MR) is 118 cm³/mol. The Morgan fingerprint density at radius 1 is 1.17 bits per heavy atom. The maximum absolute atomic E-state index is 11.8. The molecule has 0 radical (unpaired) electrons. The highest BCUT2D eigenvalue weighted by molar-refractivity contribution is 7.88. The van der Waals surface area contributed by atoms with E-state index in [-0.39, 0.29) is 17.8 Å². The normalized spacial score (nSPS) is 17.1. The van der Waals surface area contributed by atoms with Crippen LogP contribution in [0.1, 0.15) is 56.6 Å². The van der Waals surface area contributed by atoms with Crippen LogP contribution in [0, 0.1) is 5.41 Å². The number of aliphatic imine (C=N–C) groups is 1. The summed E-state index contributed by atoms with van der Waals surface area (Å²) in [6, 6.07) is 7.52. The second-order valence-electron chi connectivity index (χ2n) is 7.87. The lowest BCUT2D eigenvalue weighted by atomic mass is 9.72. The van der Waals surface area contributed by atoms with Crippen LogP contribution in [0.5, 0.6) is 0 Å². The number of rotatable bonds is 10. The van der Waals surface area contributed by atoms with E-state index in [9.17, 15) is 13.5 Å². The van der Waals surface area contributed by atoms with E-state index >= 15 is 0 Å². The van der Waals surface area contributed by atoms with Gasteiger partial charge in [0.05, 0.1) is 12.3 Å². The molecule has 0 atom stereocenters. The Hall–Kier alpha value is -1.64. The van der Waals surface area contributed by atoms with E-state index < -0.39 is 10.0 Å². The highest BCUT2D eigenvalue weighted by Gasteiger charge is 2.31. The van der Waals surface area contributed by atoms with Crippen molar-refractivity contribution in [1.82, 2.24) is 15.4 Å². The number of aliphatic hydroxyl groups is 1. The van der Waals surface area contributed by atoms with Crippen molar-refractivity contribution in [2.45, 2.75) is 57.7 Å². The molecule has 1 aromatic carbocycles. The van der Waals surface area contributed by atoms with E-state index in [1.54, 1.807) is 0 Å². The van der Waals surface area contributed by atoms with Crippen molar-refractivity contribution >= 4 is 16.0 Å². The Kier molecular flexibility index (Phi) is 9.39. The molecule has 1 aliphatic carbocycles. The summed E-state index contributed by atoms with van der Waals surface area (Å²) < 4.78 is 25.9. The summed E-state index contributed by atoms with van der Waals surface area (Å²) >= 11 is 0. The molecule has 29 heavy (non-hydrogen) atoms. The third-order valence-electron chi connectivity index (χ3n) is 5.61. The monoisotopic (exact) mass is 424 g/mol. The van der Waals surface area contributed by atoms with Crippen LogP contribution < -0.4 is 15.4 Å². The number of hydrogen-bond donors (Lipinski definition) is 4. The van der Waals surface area contributed by atoms with Gasteiger partial charge in [-0.2, -0.15) is 0 Å². The Balaban J connectivity index is 2.03. The van der Waals surface area contributed by atoms with Gasteiger partial charge in [-0.05, 0) is 49.8 Å². The topological polar surface area (TPSA) is 103 Å². The summed E-state index contributed by atoms with van der Waals surface area (Å²) in [5, 5.41) is 16.3. The first-order valence-electron chi connectivity index (χ1n) is 10.5. The number of benzene rings is 1. The smallest absolute Gasteiger partial charge is 0.215 e. The fraction of sp³-hybridized carbons (Fsp3) is 0.667. The van der Waals surface area contributed by atoms with Crippen LogP contribution in [-0.4, -0.2) is 46.2 Å². The van der Waals surface area contributed by atoms with E-state index in [0.717, 1.165) is 49.4 Å². The van der Waals surface area contributed by atoms with E-state index in [2.05, 4.69) is 20.3 Å². The quantitative estimate of drug-likeness (QED) is 0.340. The number of nitrogens with one attached hydrogen (secondary N) is 3. The van der Waals surface area contributed by atoms with Crippen molar-refractivity contribution in [3.05, 3.63) is 35.4 Å². The number of hydrogen-bond acceptors (Lipinski definition) is 4. The molecule has 1 aliphatic rings. The van der Waals surface area contributed by atoms with Crippen LogP contribution in [-0.2, 0) is 22.3 Å². The van der Waals surface area contributed by atoms with Gasteiger partial charge in [0.2, 0.25) is 10.0 Å². The first kappa shape index (κ1) is 23.6. The maximum atomic E-state index is 11.8. The molecule has 0 heterocycles. The molecule has 0 bridgehead atoms. The molecular weight excluding hydrogens is 388 g/mol. The van der Waals surface area contributed by atoms with Crippen molar-refractivity contribution in [3.63, 3.8) is 0 Å². The van der Waals surface area contributed by atoms with Gasteiger partial charge in [-0.15, -0.1) is 0 Å². The maximum Gasteiger partial charge on any atom is 0.215 e. The molecule has 8 heteroatoms. The van der Waals surface area contributed by atoms with Gasteiger partial charge in [-0.25, -0.2) is 18.1 Å². The fourth-order valence-corrected chi connectivity index (χ4v) is 4.71. The highest BCUT2D eigenvalue weighted by atomic mass is 32.2. The first-order chi connectivity index (χ1) is 13.9. The molecule has 0 saturated heterocycles. The standard InChI is InChI=1S/C21H36N4O3S/c1-3-23-20(25-17-21(12-13-26)10-5-4-6-11-21)24-15-18-8-7-9-19(14-18)16-29(27,28)22-2/h7-9,14,22,26H,3-6,10-13,15-17H2,1-2H3,(H2,23,24,25). The number of aliphatic hydroxyl groups excluding tert-OH is 1. The molecule has 0 aliphatic heterocycles. The van der Waals surface area contributed by atoms with Gasteiger partial charge in [0.15, 0.2) is 5.96 Å². The predicted octanol–water partition coefficient (Wildman–Crippen LogP) is 2.12. The van der Waals surface area contributed by atoms with Crippen molar-refractivity contribution in [3.8, 4) is 0 Å². The zero-order valence-corrected chi connectivity index (χ0v) is 18.5. The van der Waals surface area contributed by atoms with Gasteiger partial charge >= 0.3 is 0 Å². The van der Waals surface area contributed by atoms with Crippen LogP contribution in [0.25, 0.3) is 0 Å². The fourth-order valence-electron chi connectivity index (χ4n) is 3.95. The van der Waals surface area contributed by atoms with Crippen LogP contribution in [0.3, 0.4) is 0 Å². The Labute approximate surface area is 175 Å². The third-order valence-corrected chi connectivity index (χ3v) is 6.95. The number of guanidine groups is 1. The molecule has 0 spiro atoms. The third kappa shape index (κ3) is 7.95. The molecule has 1 fully saturated rings. The average Bonchev–Trinajstić information content (AvgIpc) is 2.71.